The lowest BCUT2D eigenvalue weighted by atomic mass is 9.78. The van der Waals surface area contributed by atoms with Gasteiger partial charge in [-0.3, -0.25) is 0 Å². The molecule has 2 unspecified atom stereocenters. The Morgan fingerprint density at radius 2 is 1.92 bits per heavy atom. The second-order valence-electron chi connectivity index (χ2n) is 9.86. The predicted molar refractivity (Wildman–Crippen MR) is 139 cm³/mol. The average molecular weight is 486 g/mol. The SMILES string of the molecule is COC1=Nn2cc(-c3cc4c(OCC5CCCC(c6ccc(C)cc6)C5)cc(OC)cc4o3)nc2C1. The number of benzene rings is 2. The van der Waals surface area contributed by atoms with Crippen molar-refractivity contribution in [2.75, 3.05) is 20.8 Å². The van der Waals surface area contributed by atoms with Crippen LogP contribution in [0.15, 0.2) is 58.2 Å². The summed E-state index contributed by atoms with van der Waals surface area (Å²) in [6.07, 6.45) is 7.26. The van der Waals surface area contributed by atoms with Gasteiger partial charge < -0.3 is 18.6 Å². The van der Waals surface area contributed by atoms with E-state index in [1.165, 1.54) is 30.4 Å². The molecule has 0 N–H and O–H groups in total. The molecule has 1 saturated carbocycles. The minimum atomic E-state index is 0.515. The highest BCUT2D eigenvalue weighted by atomic mass is 16.5. The first-order valence-corrected chi connectivity index (χ1v) is 12.6. The Morgan fingerprint density at radius 1 is 1.06 bits per heavy atom. The molecule has 186 valence electrons. The number of ether oxygens (including phenoxy) is 3. The van der Waals surface area contributed by atoms with Gasteiger partial charge in [0, 0.05) is 12.1 Å². The third-order valence-corrected chi connectivity index (χ3v) is 7.39. The molecule has 1 aliphatic carbocycles. The number of methoxy groups -OCH3 is 2. The van der Waals surface area contributed by atoms with Gasteiger partial charge in [0.2, 0.25) is 5.90 Å². The van der Waals surface area contributed by atoms with Crippen molar-refractivity contribution in [1.29, 1.82) is 0 Å². The zero-order valence-corrected chi connectivity index (χ0v) is 21.0. The van der Waals surface area contributed by atoms with Gasteiger partial charge in [0.1, 0.15) is 28.6 Å². The van der Waals surface area contributed by atoms with E-state index in [0.29, 0.717) is 42.3 Å². The molecule has 7 nitrogen and oxygen atoms in total. The molecule has 1 fully saturated rings. The number of hydrogen-bond acceptors (Lipinski definition) is 6. The maximum absolute atomic E-state index is 6.44. The van der Waals surface area contributed by atoms with Gasteiger partial charge >= 0.3 is 0 Å². The Hall–Kier alpha value is -3.74. The second-order valence-corrected chi connectivity index (χ2v) is 9.86. The maximum Gasteiger partial charge on any atom is 0.214 e. The standard InChI is InChI=1S/C29H31N3O4/c1-18-7-9-20(10-8-18)21-6-4-5-19(11-21)17-35-25-12-22(33-2)13-26-23(25)14-27(36-26)24-16-32-28(30-24)15-29(31-32)34-3/h7-10,12-14,16,19,21H,4-6,11,15,17H2,1-3H3. The molecular weight excluding hydrogens is 454 g/mol. The molecule has 0 bridgehead atoms. The summed E-state index contributed by atoms with van der Waals surface area (Å²) >= 11 is 0. The molecule has 2 atom stereocenters. The third-order valence-electron chi connectivity index (χ3n) is 7.39. The van der Waals surface area contributed by atoms with Crippen molar-refractivity contribution >= 4 is 16.9 Å². The maximum atomic E-state index is 6.44. The number of aromatic nitrogens is 2. The molecular formula is C29H31N3O4. The highest BCUT2D eigenvalue weighted by Gasteiger charge is 2.25. The van der Waals surface area contributed by atoms with Crippen molar-refractivity contribution in [3.8, 4) is 23.0 Å². The molecule has 4 aromatic rings. The van der Waals surface area contributed by atoms with Gasteiger partial charge in [-0.25, -0.2) is 9.66 Å². The summed E-state index contributed by atoms with van der Waals surface area (Å²) in [6.45, 7) is 2.82. The lowest BCUT2D eigenvalue weighted by Gasteiger charge is -2.29. The van der Waals surface area contributed by atoms with Crippen LogP contribution in [-0.2, 0) is 11.2 Å². The number of imidazole rings is 1. The quantitative estimate of drug-likeness (QED) is 0.319. The number of fused-ring (bicyclic) bond motifs is 2. The molecule has 6 rings (SSSR count). The molecule has 7 heteroatoms. The normalized spacial score (nSPS) is 19.2. The van der Waals surface area contributed by atoms with Crippen LogP contribution < -0.4 is 9.47 Å². The second kappa shape index (κ2) is 9.37. The fraction of sp³-hybridized carbons (Fsp3) is 0.379. The Bertz CT molecular complexity index is 1420. The topological polar surface area (TPSA) is 71.0 Å². The van der Waals surface area contributed by atoms with E-state index in [-0.39, 0.29) is 0 Å². The molecule has 2 aromatic heterocycles. The Morgan fingerprint density at radius 3 is 2.69 bits per heavy atom. The van der Waals surface area contributed by atoms with Crippen LogP contribution in [-0.4, -0.2) is 36.4 Å². The highest BCUT2D eigenvalue weighted by Crippen LogP contribution is 2.39. The largest absolute Gasteiger partial charge is 0.496 e. The van der Waals surface area contributed by atoms with E-state index in [2.05, 4.69) is 36.3 Å². The van der Waals surface area contributed by atoms with Crippen LogP contribution in [0, 0.1) is 12.8 Å². The number of hydrogen-bond donors (Lipinski definition) is 0. The van der Waals surface area contributed by atoms with Crippen molar-refractivity contribution in [1.82, 2.24) is 9.66 Å². The molecule has 2 aromatic carbocycles. The van der Waals surface area contributed by atoms with Crippen molar-refractivity contribution in [2.24, 2.45) is 11.0 Å². The molecule has 0 radical (unpaired) electrons. The number of aryl methyl sites for hydroxylation is 1. The summed E-state index contributed by atoms with van der Waals surface area (Å²) in [5.41, 5.74) is 4.21. The van der Waals surface area contributed by atoms with Crippen LogP contribution in [0.3, 0.4) is 0 Å². The predicted octanol–water partition coefficient (Wildman–Crippen LogP) is 6.33. The van der Waals surface area contributed by atoms with Gasteiger partial charge in [-0.2, -0.15) is 0 Å². The summed E-state index contributed by atoms with van der Waals surface area (Å²) < 4.78 is 25.1. The fourth-order valence-corrected chi connectivity index (χ4v) is 5.38. The van der Waals surface area contributed by atoms with E-state index in [1.807, 2.05) is 24.4 Å². The monoisotopic (exact) mass is 485 g/mol. The zero-order chi connectivity index (χ0) is 24.6. The molecule has 3 heterocycles. The summed E-state index contributed by atoms with van der Waals surface area (Å²) in [5, 5.41) is 5.31. The first kappa shape index (κ1) is 22.7. The molecule has 0 spiro atoms. The Labute approximate surface area is 210 Å². The van der Waals surface area contributed by atoms with Gasteiger partial charge in [-0.1, -0.05) is 36.2 Å². The van der Waals surface area contributed by atoms with Crippen LogP contribution >= 0.6 is 0 Å². The first-order chi connectivity index (χ1) is 17.6. The summed E-state index contributed by atoms with van der Waals surface area (Å²) in [5.74, 6) is 4.77. The first-order valence-electron chi connectivity index (χ1n) is 12.6. The van der Waals surface area contributed by atoms with E-state index in [9.17, 15) is 0 Å². The molecule has 2 aliphatic rings. The third kappa shape index (κ3) is 4.34. The van der Waals surface area contributed by atoms with Crippen molar-refractivity contribution in [2.45, 2.75) is 44.9 Å². The van der Waals surface area contributed by atoms with Crippen LogP contribution in [0.25, 0.3) is 22.4 Å². The van der Waals surface area contributed by atoms with E-state index in [1.54, 1.807) is 18.9 Å². The van der Waals surface area contributed by atoms with Crippen LogP contribution in [0.5, 0.6) is 11.5 Å². The molecule has 0 saturated heterocycles. The van der Waals surface area contributed by atoms with Gasteiger partial charge in [-0.15, -0.1) is 5.10 Å². The highest BCUT2D eigenvalue weighted by molar-refractivity contribution is 5.89. The summed E-state index contributed by atoms with van der Waals surface area (Å²) in [4.78, 5) is 4.69. The summed E-state index contributed by atoms with van der Waals surface area (Å²) in [6, 6.07) is 14.9. The van der Waals surface area contributed by atoms with Gasteiger partial charge in [0.05, 0.1) is 38.8 Å². The van der Waals surface area contributed by atoms with Gasteiger partial charge in [0.15, 0.2) is 5.76 Å². The van der Waals surface area contributed by atoms with E-state index < -0.39 is 0 Å². The molecule has 1 aliphatic heterocycles. The molecule has 36 heavy (non-hydrogen) atoms. The minimum Gasteiger partial charge on any atom is -0.496 e. The van der Waals surface area contributed by atoms with Gasteiger partial charge in [-0.05, 0) is 49.7 Å². The van der Waals surface area contributed by atoms with Crippen molar-refractivity contribution in [3.63, 3.8) is 0 Å². The van der Waals surface area contributed by atoms with Crippen LogP contribution in [0.2, 0.25) is 0 Å². The number of furan rings is 1. The van der Waals surface area contributed by atoms with Gasteiger partial charge in [0.25, 0.3) is 0 Å². The van der Waals surface area contributed by atoms with Crippen molar-refractivity contribution < 1.29 is 18.6 Å². The van der Waals surface area contributed by atoms with Crippen molar-refractivity contribution in [3.05, 3.63) is 65.6 Å². The minimum absolute atomic E-state index is 0.515. The summed E-state index contributed by atoms with van der Waals surface area (Å²) in [7, 11) is 3.28. The fourth-order valence-electron chi connectivity index (χ4n) is 5.38. The van der Waals surface area contributed by atoms with E-state index >= 15 is 0 Å². The smallest absolute Gasteiger partial charge is 0.214 e. The zero-order valence-electron chi connectivity index (χ0n) is 21.0. The Kier molecular flexibility index (Phi) is 5.91. The van der Waals surface area contributed by atoms with Crippen LogP contribution in [0.1, 0.15) is 48.6 Å². The average Bonchev–Trinajstić information content (AvgIpc) is 3.60. The lowest BCUT2D eigenvalue weighted by Crippen LogP contribution is -2.20. The molecule has 0 amide bonds. The lowest BCUT2D eigenvalue weighted by molar-refractivity contribution is 0.198. The Balaban J connectivity index is 1.22. The van der Waals surface area contributed by atoms with E-state index in [0.717, 1.165) is 34.7 Å². The number of rotatable bonds is 6. The van der Waals surface area contributed by atoms with E-state index in [4.69, 9.17) is 23.6 Å². The van der Waals surface area contributed by atoms with Crippen LogP contribution in [0.4, 0.5) is 0 Å². The number of nitrogens with zero attached hydrogens (tertiary/aromatic N) is 3.